The minimum Gasteiger partial charge on any atom is -0.325 e. The van der Waals surface area contributed by atoms with Crippen molar-refractivity contribution < 1.29 is 13.6 Å². The number of nitrogens with one attached hydrogen (secondary N) is 1. The van der Waals surface area contributed by atoms with Crippen LogP contribution < -0.4 is 10.9 Å². The molecule has 0 aliphatic carbocycles. The number of para-hydroxylation sites is 1. The van der Waals surface area contributed by atoms with Gasteiger partial charge in [-0.3, -0.25) is 14.2 Å². The molecule has 0 radical (unpaired) electrons. The number of rotatable bonds is 5. The Labute approximate surface area is 184 Å². The summed E-state index contributed by atoms with van der Waals surface area (Å²) in [6, 6.07) is 16.7. The molecule has 0 spiro atoms. The van der Waals surface area contributed by atoms with Gasteiger partial charge in [-0.2, -0.15) is 0 Å². The van der Waals surface area contributed by atoms with Crippen LogP contribution in [0.15, 0.2) is 76.7 Å². The van der Waals surface area contributed by atoms with Gasteiger partial charge in [-0.1, -0.05) is 35.5 Å². The van der Waals surface area contributed by atoms with Crippen molar-refractivity contribution >= 4 is 45.9 Å². The average Bonchev–Trinajstić information content (AvgIpc) is 2.76. The van der Waals surface area contributed by atoms with Crippen molar-refractivity contribution in [2.75, 3.05) is 11.1 Å². The Kier molecular flexibility index (Phi) is 6.01. The number of fused-ring (bicyclic) bond motifs is 1. The molecule has 0 bridgehead atoms. The molecule has 0 saturated carbocycles. The maximum atomic E-state index is 13.4. The first-order valence-electron chi connectivity index (χ1n) is 9.08. The maximum Gasteiger partial charge on any atom is 0.266 e. The number of hydrogen-bond donors (Lipinski definition) is 1. The third-order valence-corrected chi connectivity index (χ3v) is 5.56. The molecule has 1 amide bonds. The number of anilines is 1. The number of aromatic nitrogens is 2. The van der Waals surface area contributed by atoms with Crippen LogP contribution in [0.4, 0.5) is 14.5 Å². The molecule has 0 aliphatic heterocycles. The Morgan fingerprint density at radius 3 is 2.52 bits per heavy atom. The summed E-state index contributed by atoms with van der Waals surface area (Å²) in [5, 5.41) is 3.77. The van der Waals surface area contributed by atoms with Gasteiger partial charge in [0.1, 0.15) is 0 Å². The minimum atomic E-state index is -1.06. The summed E-state index contributed by atoms with van der Waals surface area (Å²) >= 11 is 7.01. The Hall–Kier alpha value is -3.23. The van der Waals surface area contributed by atoms with E-state index in [-0.39, 0.29) is 17.0 Å². The molecule has 31 heavy (non-hydrogen) atoms. The number of carbonyl (C=O) groups excluding carboxylic acids is 1. The highest BCUT2D eigenvalue weighted by atomic mass is 35.5. The number of carbonyl (C=O) groups is 1. The zero-order valence-corrected chi connectivity index (χ0v) is 17.4. The first kappa shape index (κ1) is 21.0. The number of halogens is 3. The van der Waals surface area contributed by atoms with Gasteiger partial charge in [-0.05, 0) is 48.5 Å². The van der Waals surface area contributed by atoms with Crippen molar-refractivity contribution in [1.29, 1.82) is 0 Å². The van der Waals surface area contributed by atoms with Gasteiger partial charge in [0.25, 0.3) is 5.56 Å². The van der Waals surface area contributed by atoms with Crippen molar-refractivity contribution in [3.8, 4) is 5.69 Å². The van der Waals surface area contributed by atoms with Crippen LogP contribution in [0.5, 0.6) is 0 Å². The number of hydrogen-bond acceptors (Lipinski definition) is 4. The number of benzene rings is 3. The third-order valence-electron chi connectivity index (χ3n) is 4.37. The van der Waals surface area contributed by atoms with E-state index in [2.05, 4.69) is 10.3 Å². The Bertz CT molecular complexity index is 1340. The topological polar surface area (TPSA) is 64.0 Å². The van der Waals surface area contributed by atoms with Crippen LogP contribution in [-0.2, 0) is 4.79 Å². The normalized spacial score (nSPS) is 10.9. The van der Waals surface area contributed by atoms with Gasteiger partial charge in [-0.25, -0.2) is 13.8 Å². The largest absolute Gasteiger partial charge is 0.325 e. The SMILES string of the molecule is O=C(CSc1nc2ccccc2c(=O)n1-c1ccc(Cl)cc1)Nc1ccc(F)c(F)c1. The molecule has 1 heterocycles. The highest BCUT2D eigenvalue weighted by Gasteiger charge is 2.15. The van der Waals surface area contributed by atoms with Crippen LogP contribution in [0.1, 0.15) is 0 Å². The van der Waals surface area contributed by atoms with Crippen molar-refractivity contribution in [3.63, 3.8) is 0 Å². The second kappa shape index (κ2) is 8.87. The molecule has 1 N–H and O–H groups in total. The van der Waals surface area contributed by atoms with Gasteiger partial charge >= 0.3 is 0 Å². The molecule has 0 aliphatic rings. The maximum absolute atomic E-state index is 13.4. The summed E-state index contributed by atoms with van der Waals surface area (Å²) in [6.07, 6.45) is 0. The van der Waals surface area contributed by atoms with Crippen molar-refractivity contribution in [2.45, 2.75) is 5.16 Å². The summed E-state index contributed by atoms with van der Waals surface area (Å²) in [7, 11) is 0. The summed E-state index contributed by atoms with van der Waals surface area (Å²) < 4.78 is 27.8. The lowest BCUT2D eigenvalue weighted by Gasteiger charge is -2.13. The molecule has 4 rings (SSSR count). The van der Waals surface area contributed by atoms with E-state index in [1.54, 1.807) is 48.5 Å². The van der Waals surface area contributed by atoms with Gasteiger partial charge in [0.15, 0.2) is 16.8 Å². The molecule has 4 aromatic rings. The van der Waals surface area contributed by atoms with E-state index in [1.165, 1.54) is 10.6 Å². The number of thioether (sulfide) groups is 1. The zero-order valence-electron chi connectivity index (χ0n) is 15.8. The van der Waals surface area contributed by atoms with Gasteiger partial charge in [0.2, 0.25) is 5.91 Å². The van der Waals surface area contributed by atoms with Crippen molar-refractivity contribution in [3.05, 3.63) is 93.7 Å². The number of amides is 1. The Morgan fingerprint density at radius 1 is 1.03 bits per heavy atom. The van der Waals surface area contributed by atoms with Crippen LogP contribution in [0.3, 0.4) is 0 Å². The van der Waals surface area contributed by atoms with E-state index in [4.69, 9.17) is 11.6 Å². The van der Waals surface area contributed by atoms with Crippen molar-refractivity contribution in [1.82, 2.24) is 9.55 Å². The smallest absolute Gasteiger partial charge is 0.266 e. The third kappa shape index (κ3) is 4.60. The first-order valence-corrected chi connectivity index (χ1v) is 10.4. The molecule has 3 aromatic carbocycles. The molecular formula is C22H14ClF2N3O2S. The van der Waals surface area contributed by atoms with E-state index in [1.807, 2.05) is 0 Å². The number of nitrogens with zero attached hydrogens (tertiary/aromatic N) is 2. The van der Waals surface area contributed by atoms with E-state index < -0.39 is 17.5 Å². The Morgan fingerprint density at radius 2 is 1.77 bits per heavy atom. The van der Waals surface area contributed by atoms with E-state index in [0.717, 1.165) is 23.9 Å². The molecule has 9 heteroatoms. The molecule has 5 nitrogen and oxygen atoms in total. The zero-order chi connectivity index (χ0) is 22.0. The average molecular weight is 458 g/mol. The fraction of sp³-hybridized carbons (Fsp3) is 0.0455. The fourth-order valence-corrected chi connectivity index (χ4v) is 3.87. The van der Waals surface area contributed by atoms with Crippen LogP contribution in [0.25, 0.3) is 16.6 Å². The monoisotopic (exact) mass is 457 g/mol. The summed E-state index contributed by atoms with van der Waals surface area (Å²) in [4.78, 5) is 30.0. The highest BCUT2D eigenvalue weighted by molar-refractivity contribution is 7.99. The van der Waals surface area contributed by atoms with Gasteiger partial charge < -0.3 is 5.32 Å². The van der Waals surface area contributed by atoms with E-state index in [9.17, 15) is 18.4 Å². The summed E-state index contributed by atoms with van der Waals surface area (Å²) in [5.74, 6) is -2.61. The standard InChI is InChI=1S/C22H14ClF2N3O2S/c23-13-5-8-15(9-6-13)28-21(30)16-3-1-2-4-19(16)27-22(28)31-12-20(29)26-14-7-10-17(24)18(25)11-14/h1-11H,12H2,(H,26,29). The fourth-order valence-electron chi connectivity index (χ4n) is 2.93. The minimum absolute atomic E-state index is 0.0998. The molecule has 156 valence electrons. The van der Waals surface area contributed by atoms with E-state index >= 15 is 0 Å². The lowest BCUT2D eigenvalue weighted by atomic mass is 10.2. The van der Waals surface area contributed by atoms with Crippen LogP contribution in [0.2, 0.25) is 5.02 Å². The van der Waals surface area contributed by atoms with Crippen LogP contribution >= 0.6 is 23.4 Å². The lowest BCUT2D eigenvalue weighted by Crippen LogP contribution is -2.23. The van der Waals surface area contributed by atoms with Gasteiger partial charge in [0.05, 0.1) is 22.3 Å². The molecule has 0 atom stereocenters. The summed E-state index contributed by atoms with van der Waals surface area (Å²) in [6.45, 7) is 0. The van der Waals surface area contributed by atoms with Crippen LogP contribution in [0, 0.1) is 11.6 Å². The van der Waals surface area contributed by atoms with E-state index in [0.29, 0.717) is 26.8 Å². The molecule has 0 unspecified atom stereocenters. The lowest BCUT2D eigenvalue weighted by molar-refractivity contribution is -0.113. The molecule has 0 fully saturated rings. The second-order valence-corrected chi connectivity index (χ2v) is 7.87. The molecular weight excluding hydrogens is 444 g/mol. The summed E-state index contributed by atoms with van der Waals surface area (Å²) in [5.41, 5.74) is 0.903. The molecule has 0 saturated heterocycles. The van der Waals surface area contributed by atoms with Crippen LogP contribution in [-0.4, -0.2) is 21.2 Å². The predicted octanol–water partition coefficient (Wildman–Crippen LogP) is 5.05. The van der Waals surface area contributed by atoms with Crippen molar-refractivity contribution in [2.24, 2.45) is 0 Å². The second-order valence-electron chi connectivity index (χ2n) is 6.49. The van der Waals surface area contributed by atoms with Gasteiger partial charge in [0, 0.05) is 16.8 Å². The Balaban J connectivity index is 1.65. The predicted molar refractivity (Wildman–Crippen MR) is 118 cm³/mol. The van der Waals surface area contributed by atoms with Gasteiger partial charge in [-0.15, -0.1) is 0 Å². The highest BCUT2D eigenvalue weighted by Crippen LogP contribution is 2.23. The molecule has 1 aromatic heterocycles. The quantitative estimate of drug-likeness (QED) is 0.336. The first-order chi connectivity index (χ1) is 14.9.